The number of carbonyl (C=O) groups excluding carboxylic acids is 2. The molecule has 9 nitrogen and oxygen atoms in total. The lowest BCUT2D eigenvalue weighted by Gasteiger charge is -2.12. The molecule has 0 spiro atoms. The minimum atomic E-state index is -0.270. The lowest BCUT2D eigenvalue weighted by atomic mass is 10.1. The molecule has 0 aliphatic carbocycles. The first-order valence-corrected chi connectivity index (χ1v) is 14.6. The molecule has 1 amide bonds. The Hall–Kier alpha value is -5.22. The van der Waals surface area contributed by atoms with Crippen LogP contribution >= 0.6 is 11.3 Å². The minimum absolute atomic E-state index is 0.00760. The molecule has 0 radical (unpaired) electrons. The molecule has 0 bridgehead atoms. The number of thiophene rings is 1. The summed E-state index contributed by atoms with van der Waals surface area (Å²) in [5.74, 6) is 2.14. The second-order valence-corrected chi connectivity index (χ2v) is 10.9. The maximum Gasteiger partial charge on any atom is 0.268 e. The number of methoxy groups -OCH3 is 1. The number of hydrogen-bond acceptors (Lipinski definition) is 8. The fourth-order valence-electron chi connectivity index (χ4n) is 4.84. The number of rotatable bonds is 11. The number of oxazole rings is 1. The maximum absolute atomic E-state index is 13.4. The van der Waals surface area contributed by atoms with Gasteiger partial charge in [-0.1, -0.05) is 48.5 Å². The van der Waals surface area contributed by atoms with E-state index in [0.29, 0.717) is 46.5 Å². The molecule has 0 atom stereocenters. The smallest absolute Gasteiger partial charge is 0.268 e. The number of para-hydroxylation sites is 1. The fourth-order valence-corrected chi connectivity index (χ4v) is 5.69. The van der Waals surface area contributed by atoms with Gasteiger partial charge in [0.25, 0.3) is 5.91 Å². The molecule has 0 unspecified atom stereocenters. The summed E-state index contributed by atoms with van der Waals surface area (Å²) in [6.07, 6.45) is 2.32. The molecule has 3 aromatic heterocycles. The summed E-state index contributed by atoms with van der Waals surface area (Å²) < 4.78 is 13.2. The number of nitrogens with one attached hydrogen (secondary N) is 2. The number of aromatic nitrogens is 3. The summed E-state index contributed by atoms with van der Waals surface area (Å²) in [5, 5.41) is 6.22. The third kappa shape index (κ3) is 6.19. The van der Waals surface area contributed by atoms with Crippen molar-refractivity contribution in [2.75, 3.05) is 24.3 Å². The highest BCUT2D eigenvalue weighted by Crippen LogP contribution is 2.30. The summed E-state index contributed by atoms with van der Waals surface area (Å²) in [6.45, 7) is 2.49. The van der Waals surface area contributed by atoms with E-state index in [2.05, 4.69) is 15.6 Å². The average molecular weight is 592 g/mol. The average Bonchev–Trinajstić information content (AvgIpc) is 3.78. The Morgan fingerprint density at radius 2 is 1.81 bits per heavy atom. The minimum Gasteiger partial charge on any atom is -0.496 e. The summed E-state index contributed by atoms with van der Waals surface area (Å²) in [6, 6.07) is 26.4. The normalized spacial score (nSPS) is 11.0. The van der Waals surface area contributed by atoms with Crippen molar-refractivity contribution in [1.29, 1.82) is 0 Å². The molecule has 2 N–H and O–H groups in total. The van der Waals surface area contributed by atoms with Crippen LogP contribution in [-0.4, -0.2) is 39.9 Å². The van der Waals surface area contributed by atoms with Crippen LogP contribution in [0.3, 0.4) is 0 Å². The molecule has 0 aliphatic heterocycles. The Morgan fingerprint density at radius 3 is 2.60 bits per heavy atom. The zero-order chi connectivity index (χ0) is 29.8. The number of amides is 1. The van der Waals surface area contributed by atoms with E-state index in [0.717, 1.165) is 27.4 Å². The molecular weight excluding hydrogens is 562 g/mol. The van der Waals surface area contributed by atoms with Gasteiger partial charge in [-0.15, -0.1) is 11.3 Å². The number of ether oxygens (including phenoxy) is 1. The third-order valence-electron chi connectivity index (χ3n) is 7.01. The van der Waals surface area contributed by atoms with Gasteiger partial charge in [-0.25, -0.2) is 9.97 Å². The van der Waals surface area contributed by atoms with E-state index in [4.69, 9.17) is 14.1 Å². The predicted molar refractivity (Wildman–Crippen MR) is 168 cm³/mol. The molecular formula is C33H29N5O4S. The summed E-state index contributed by atoms with van der Waals surface area (Å²) in [7, 11) is 1.66. The van der Waals surface area contributed by atoms with Crippen molar-refractivity contribution in [2.24, 2.45) is 0 Å². The SMILES string of the molecule is COc1ccccc1CCn1c(NC(=O)c2ccc(-c3cnc(C)o3)s2)nc2cc(NCC(=O)c3ccccc3)ccc21. The predicted octanol–water partition coefficient (Wildman–Crippen LogP) is 6.86. The molecule has 3 aromatic carbocycles. The van der Waals surface area contributed by atoms with E-state index in [1.807, 2.05) is 71.3 Å². The Bertz CT molecular complexity index is 1910. The van der Waals surface area contributed by atoms with Gasteiger partial charge in [-0.3, -0.25) is 14.9 Å². The summed E-state index contributed by atoms with van der Waals surface area (Å²) >= 11 is 1.32. The lowest BCUT2D eigenvalue weighted by Crippen LogP contribution is -2.15. The van der Waals surface area contributed by atoms with E-state index in [1.165, 1.54) is 11.3 Å². The van der Waals surface area contributed by atoms with Crippen LogP contribution < -0.4 is 15.4 Å². The molecule has 10 heteroatoms. The number of anilines is 2. The molecule has 6 aromatic rings. The van der Waals surface area contributed by atoms with E-state index < -0.39 is 0 Å². The number of fused-ring (bicyclic) bond motifs is 1. The van der Waals surface area contributed by atoms with Gasteiger partial charge in [0.05, 0.1) is 40.6 Å². The van der Waals surface area contributed by atoms with Crippen LogP contribution in [0.15, 0.2) is 95.5 Å². The molecule has 0 saturated carbocycles. The molecule has 43 heavy (non-hydrogen) atoms. The van der Waals surface area contributed by atoms with Crippen LogP contribution in [0, 0.1) is 6.92 Å². The third-order valence-corrected chi connectivity index (χ3v) is 8.11. The van der Waals surface area contributed by atoms with E-state index in [9.17, 15) is 9.59 Å². The van der Waals surface area contributed by atoms with Gasteiger partial charge < -0.3 is 19.0 Å². The second-order valence-electron chi connectivity index (χ2n) is 9.86. The number of imidazole rings is 1. The maximum atomic E-state index is 13.4. The van der Waals surface area contributed by atoms with Crippen LogP contribution in [0.25, 0.3) is 21.7 Å². The number of nitrogens with zero attached hydrogens (tertiary/aromatic N) is 3. The first kappa shape index (κ1) is 27.9. The number of carbonyl (C=O) groups is 2. The Labute approximate surface area is 252 Å². The summed E-state index contributed by atoms with van der Waals surface area (Å²) in [5.41, 5.74) is 4.00. The monoisotopic (exact) mass is 591 g/mol. The standard InChI is InChI=1S/C33H29N5O4S/c1-21-34-20-29(42-21)30-14-15-31(43-30)32(40)37-33-36-25-18-24(35-19-27(39)22-8-4-3-5-9-22)12-13-26(25)38(33)17-16-23-10-6-7-11-28(23)41-2/h3-15,18,20,35H,16-17,19H2,1-2H3,(H,36,37,40). The van der Waals surface area contributed by atoms with Gasteiger partial charge in [0.15, 0.2) is 17.4 Å². The second kappa shape index (κ2) is 12.3. The van der Waals surface area contributed by atoms with Crippen LogP contribution in [0.4, 0.5) is 11.6 Å². The molecule has 0 aliphatic rings. The van der Waals surface area contributed by atoms with E-state index in [-0.39, 0.29) is 18.2 Å². The zero-order valence-electron chi connectivity index (χ0n) is 23.7. The van der Waals surface area contributed by atoms with Crippen molar-refractivity contribution in [1.82, 2.24) is 14.5 Å². The van der Waals surface area contributed by atoms with Crippen LogP contribution in [-0.2, 0) is 13.0 Å². The number of benzene rings is 3. The molecule has 0 saturated heterocycles. The molecule has 6 rings (SSSR count). The Morgan fingerprint density at radius 1 is 1.00 bits per heavy atom. The van der Waals surface area contributed by atoms with Crippen molar-refractivity contribution < 1.29 is 18.7 Å². The van der Waals surface area contributed by atoms with Crippen LogP contribution in [0.2, 0.25) is 0 Å². The molecule has 0 fully saturated rings. The van der Waals surface area contributed by atoms with Gasteiger partial charge >= 0.3 is 0 Å². The van der Waals surface area contributed by atoms with Crippen molar-refractivity contribution in [3.63, 3.8) is 0 Å². The largest absolute Gasteiger partial charge is 0.496 e. The van der Waals surface area contributed by atoms with E-state index in [1.54, 1.807) is 38.4 Å². The number of hydrogen-bond donors (Lipinski definition) is 2. The van der Waals surface area contributed by atoms with Gasteiger partial charge in [-0.2, -0.15) is 0 Å². The highest BCUT2D eigenvalue weighted by molar-refractivity contribution is 7.17. The Balaban J connectivity index is 1.26. The molecule has 3 heterocycles. The highest BCUT2D eigenvalue weighted by atomic mass is 32.1. The first-order valence-electron chi connectivity index (χ1n) is 13.8. The summed E-state index contributed by atoms with van der Waals surface area (Å²) in [4.78, 5) is 36.3. The van der Waals surface area contributed by atoms with Gasteiger partial charge in [-0.05, 0) is 48.4 Å². The van der Waals surface area contributed by atoms with Crippen molar-refractivity contribution in [2.45, 2.75) is 19.9 Å². The van der Waals surface area contributed by atoms with Gasteiger partial charge in [0, 0.05) is 24.7 Å². The highest BCUT2D eigenvalue weighted by Gasteiger charge is 2.18. The van der Waals surface area contributed by atoms with Crippen LogP contribution in [0.5, 0.6) is 5.75 Å². The van der Waals surface area contributed by atoms with Crippen molar-refractivity contribution in [3.8, 4) is 16.4 Å². The Kier molecular flexibility index (Phi) is 8.01. The number of Topliss-reactive ketones (excluding diaryl/α,β-unsaturated/α-hetero) is 1. The van der Waals surface area contributed by atoms with Gasteiger partial charge in [0.1, 0.15) is 5.75 Å². The van der Waals surface area contributed by atoms with Crippen molar-refractivity contribution in [3.05, 3.63) is 113 Å². The molecule has 216 valence electrons. The van der Waals surface area contributed by atoms with Crippen LogP contribution in [0.1, 0.15) is 31.5 Å². The van der Waals surface area contributed by atoms with Gasteiger partial charge in [0.2, 0.25) is 5.95 Å². The van der Waals surface area contributed by atoms with Crippen molar-refractivity contribution >= 4 is 45.7 Å². The zero-order valence-corrected chi connectivity index (χ0v) is 24.5. The fraction of sp³-hybridized carbons (Fsp3) is 0.152. The quantitative estimate of drug-likeness (QED) is 0.158. The topological polar surface area (TPSA) is 111 Å². The number of ketones is 1. The lowest BCUT2D eigenvalue weighted by molar-refractivity contribution is 0.100. The first-order chi connectivity index (χ1) is 21.0. The van der Waals surface area contributed by atoms with E-state index >= 15 is 0 Å². The number of aryl methyl sites for hydroxylation is 3.